The van der Waals surface area contributed by atoms with E-state index < -0.39 is 0 Å². The van der Waals surface area contributed by atoms with Crippen molar-refractivity contribution in [2.75, 3.05) is 18.7 Å². The molecule has 0 saturated carbocycles. The minimum absolute atomic E-state index is 0.213. The molecule has 2 atom stereocenters. The van der Waals surface area contributed by atoms with Crippen molar-refractivity contribution in [1.82, 2.24) is 14.8 Å². The van der Waals surface area contributed by atoms with Crippen LogP contribution in [0.25, 0.3) is 5.70 Å². The second-order valence-corrected chi connectivity index (χ2v) is 9.76. The van der Waals surface area contributed by atoms with E-state index in [9.17, 15) is 0 Å². The zero-order chi connectivity index (χ0) is 24.1. The molecule has 1 N–H and O–H groups in total. The largest absolute Gasteiger partial charge is 0.497 e. The van der Waals surface area contributed by atoms with Gasteiger partial charge in [0.15, 0.2) is 0 Å². The van der Waals surface area contributed by atoms with E-state index in [1.807, 2.05) is 53.4 Å². The smallest absolute Gasteiger partial charge is 0.227 e. The van der Waals surface area contributed by atoms with Crippen molar-refractivity contribution >= 4 is 35.0 Å². The molecule has 6 nitrogen and oxygen atoms in total. The summed E-state index contributed by atoms with van der Waals surface area (Å²) in [7, 11) is 1.67. The summed E-state index contributed by atoms with van der Waals surface area (Å²) in [5.74, 6) is 2.26. The molecular weight excluding hydrogens is 480 g/mol. The number of thioether (sulfide) groups is 1. The molecule has 2 aliphatic heterocycles. The van der Waals surface area contributed by atoms with Gasteiger partial charge in [0.1, 0.15) is 23.6 Å². The van der Waals surface area contributed by atoms with Crippen LogP contribution < -0.4 is 14.8 Å². The molecular formula is C27H23ClN4O2S. The Hall–Kier alpha value is -3.42. The Morgan fingerprint density at radius 3 is 2.49 bits per heavy atom. The van der Waals surface area contributed by atoms with Crippen LogP contribution in [0, 0.1) is 6.92 Å². The first-order valence-corrected chi connectivity index (χ1v) is 12.8. The van der Waals surface area contributed by atoms with Gasteiger partial charge in [0.25, 0.3) is 0 Å². The van der Waals surface area contributed by atoms with Crippen molar-refractivity contribution in [2.24, 2.45) is 0 Å². The van der Waals surface area contributed by atoms with Crippen LogP contribution in [0.3, 0.4) is 0 Å². The quantitative estimate of drug-likeness (QED) is 0.320. The summed E-state index contributed by atoms with van der Waals surface area (Å²) in [6, 6.07) is 22.1. The van der Waals surface area contributed by atoms with E-state index in [2.05, 4.69) is 36.5 Å². The number of aryl methyl sites for hydroxylation is 1. The van der Waals surface area contributed by atoms with Crippen LogP contribution in [-0.2, 0) is 0 Å². The second-order valence-electron chi connectivity index (χ2n) is 8.55. The van der Waals surface area contributed by atoms with E-state index in [1.54, 1.807) is 7.11 Å². The van der Waals surface area contributed by atoms with Crippen molar-refractivity contribution < 1.29 is 9.47 Å². The molecule has 0 amide bonds. The second kappa shape index (κ2) is 8.66. The van der Waals surface area contributed by atoms with Gasteiger partial charge in [0.2, 0.25) is 11.1 Å². The van der Waals surface area contributed by atoms with Gasteiger partial charge in [-0.2, -0.15) is 4.98 Å². The minimum atomic E-state index is -0.349. The number of ether oxygens (including phenoxy) is 2. The minimum Gasteiger partial charge on any atom is -0.497 e. The van der Waals surface area contributed by atoms with E-state index in [0.29, 0.717) is 16.1 Å². The van der Waals surface area contributed by atoms with Crippen molar-refractivity contribution in [1.29, 1.82) is 0 Å². The SMILES string of the molecule is COc1ccc([C@@H]2Oc3ccc(Cl)cc3C3=C2[C@@H](c2ccc(C)cc2)n2nc(SC)nc2N3)cc1. The highest BCUT2D eigenvalue weighted by Gasteiger charge is 2.41. The lowest BCUT2D eigenvalue weighted by Gasteiger charge is -2.39. The number of methoxy groups -OCH3 is 1. The van der Waals surface area contributed by atoms with Crippen molar-refractivity contribution in [3.8, 4) is 11.5 Å². The fraction of sp³-hybridized carbons (Fsp3) is 0.185. The summed E-state index contributed by atoms with van der Waals surface area (Å²) in [6.07, 6.45) is 1.63. The summed E-state index contributed by atoms with van der Waals surface area (Å²) in [5, 5.41) is 9.75. The number of anilines is 1. The predicted molar refractivity (Wildman–Crippen MR) is 139 cm³/mol. The lowest BCUT2D eigenvalue weighted by atomic mass is 9.84. The summed E-state index contributed by atoms with van der Waals surface area (Å²) in [5.41, 5.74) is 6.24. The van der Waals surface area contributed by atoms with Crippen molar-refractivity contribution in [3.05, 3.63) is 99.6 Å². The third-order valence-corrected chi connectivity index (χ3v) is 7.18. The van der Waals surface area contributed by atoms with Crippen LogP contribution in [0.5, 0.6) is 11.5 Å². The van der Waals surface area contributed by atoms with E-state index in [-0.39, 0.29) is 12.1 Å². The number of nitrogens with zero attached hydrogens (tertiary/aromatic N) is 3. The fourth-order valence-electron chi connectivity index (χ4n) is 4.69. The molecule has 3 heterocycles. The highest BCUT2D eigenvalue weighted by atomic mass is 35.5. The molecule has 176 valence electrons. The summed E-state index contributed by atoms with van der Waals surface area (Å²) < 4.78 is 14.0. The van der Waals surface area contributed by atoms with Crippen molar-refractivity contribution in [2.45, 2.75) is 24.2 Å². The fourth-order valence-corrected chi connectivity index (χ4v) is 5.21. The molecule has 8 heteroatoms. The Bertz CT molecular complexity index is 1450. The molecule has 0 saturated heterocycles. The van der Waals surface area contributed by atoms with Crippen LogP contribution in [0.4, 0.5) is 5.95 Å². The molecule has 0 radical (unpaired) electrons. The molecule has 35 heavy (non-hydrogen) atoms. The number of hydrogen-bond donors (Lipinski definition) is 1. The van der Waals surface area contributed by atoms with Gasteiger partial charge in [0, 0.05) is 16.2 Å². The van der Waals surface area contributed by atoms with Gasteiger partial charge in [-0.15, -0.1) is 5.10 Å². The maximum Gasteiger partial charge on any atom is 0.227 e. The van der Waals surface area contributed by atoms with Gasteiger partial charge in [0.05, 0.1) is 12.8 Å². The van der Waals surface area contributed by atoms with Gasteiger partial charge in [-0.25, -0.2) is 4.68 Å². The average Bonchev–Trinajstić information content (AvgIpc) is 3.31. The number of fused-ring (bicyclic) bond motifs is 3. The first kappa shape index (κ1) is 22.1. The molecule has 6 rings (SSSR count). The molecule has 4 aromatic rings. The van der Waals surface area contributed by atoms with Crippen LogP contribution >= 0.6 is 23.4 Å². The Morgan fingerprint density at radius 1 is 1.03 bits per heavy atom. The highest BCUT2D eigenvalue weighted by molar-refractivity contribution is 7.98. The zero-order valence-electron chi connectivity index (χ0n) is 19.4. The average molecular weight is 503 g/mol. The number of rotatable bonds is 4. The van der Waals surface area contributed by atoms with Crippen LogP contribution in [0.15, 0.2) is 77.5 Å². The Balaban J connectivity index is 1.62. The third kappa shape index (κ3) is 3.75. The van der Waals surface area contributed by atoms with Gasteiger partial charge < -0.3 is 14.8 Å². The Kier molecular flexibility index (Phi) is 5.46. The standard InChI is InChI=1S/C27H23ClN4O2S/c1-15-4-6-16(7-5-15)24-22-23(29-26-30-27(35-3)31-32(24)26)20-14-18(28)10-13-21(20)34-25(22)17-8-11-19(33-2)12-9-17/h4-14,24-25H,1-3H3,(H,29,30,31)/t24-,25+/m1/s1. The first-order chi connectivity index (χ1) is 17.1. The van der Waals surface area contributed by atoms with Gasteiger partial charge in [-0.1, -0.05) is 65.3 Å². The topological polar surface area (TPSA) is 61.2 Å². The van der Waals surface area contributed by atoms with E-state index >= 15 is 0 Å². The number of halogens is 1. The monoisotopic (exact) mass is 502 g/mol. The zero-order valence-corrected chi connectivity index (χ0v) is 21.0. The van der Waals surface area contributed by atoms with Gasteiger partial charge in [-0.3, -0.25) is 0 Å². The normalized spacial score (nSPS) is 18.2. The van der Waals surface area contributed by atoms with Crippen LogP contribution in [0.1, 0.15) is 34.4 Å². The summed E-state index contributed by atoms with van der Waals surface area (Å²) in [4.78, 5) is 4.75. The molecule has 0 unspecified atom stereocenters. The molecule has 0 bridgehead atoms. The van der Waals surface area contributed by atoms with Crippen molar-refractivity contribution in [3.63, 3.8) is 0 Å². The first-order valence-electron chi connectivity index (χ1n) is 11.2. The number of benzene rings is 3. The number of nitrogens with one attached hydrogen (secondary N) is 1. The number of hydrogen-bond acceptors (Lipinski definition) is 6. The molecule has 3 aromatic carbocycles. The maximum absolute atomic E-state index is 6.68. The maximum atomic E-state index is 6.68. The van der Waals surface area contributed by atoms with Gasteiger partial charge >= 0.3 is 0 Å². The Morgan fingerprint density at radius 2 is 1.77 bits per heavy atom. The molecule has 0 aliphatic carbocycles. The highest BCUT2D eigenvalue weighted by Crippen LogP contribution is 2.51. The molecule has 0 fully saturated rings. The Labute approximate surface area is 212 Å². The van der Waals surface area contributed by atoms with Gasteiger partial charge in [-0.05, 0) is 54.6 Å². The molecule has 0 spiro atoms. The third-order valence-electron chi connectivity index (χ3n) is 6.41. The van der Waals surface area contributed by atoms with Crippen LogP contribution in [0.2, 0.25) is 5.02 Å². The van der Waals surface area contributed by atoms with E-state index in [0.717, 1.165) is 39.5 Å². The van der Waals surface area contributed by atoms with Crippen LogP contribution in [-0.4, -0.2) is 28.1 Å². The summed E-state index contributed by atoms with van der Waals surface area (Å²) >= 11 is 7.95. The lowest BCUT2D eigenvalue weighted by molar-refractivity contribution is 0.223. The lowest BCUT2D eigenvalue weighted by Crippen LogP contribution is -2.32. The summed E-state index contributed by atoms with van der Waals surface area (Å²) in [6.45, 7) is 2.09. The molecule has 2 aliphatic rings. The number of aromatic nitrogens is 3. The van der Waals surface area contributed by atoms with E-state index in [1.165, 1.54) is 17.3 Å². The molecule has 1 aromatic heterocycles. The van der Waals surface area contributed by atoms with E-state index in [4.69, 9.17) is 31.2 Å². The predicted octanol–water partition coefficient (Wildman–Crippen LogP) is 6.53.